The van der Waals surface area contributed by atoms with Gasteiger partial charge in [-0.15, -0.1) is 0 Å². The fraction of sp³-hybridized carbons (Fsp3) is 0.600. The van der Waals surface area contributed by atoms with Crippen molar-refractivity contribution in [2.75, 3.05) is 5.33 Å². The summed E-state index contributed by atoms with van der Waals surface area (Å²) in [4.78, 5) is 0. The first-order valence-electron chi connectivity index (χ1n) is 6.00. The van der Waals surface area contributed by atoms with E-state index in [9.17, 15) is 0 Å². The van der Waals surface area contributed by atoms with Gasteiger partial charge in [0, 0.05) is 5.33 Å². The molecular formula is C15H23Br. The fourth-order valence-corrected chi connectivity index (χ4v) is 2.89. The normalized spacial score (nSPS) is 15.2. The second-order valence-electron chi connectivity index (χ2n) is 5.62. The molecule has 90 valence electrons. The summed E-state index contributed by atoms with van der Waals surface area (Å²) in [6.07, 6.45) is 1.15. The molecule has 0 heterocycles. The third-order valence-corrected chi connectivity index (χ3v) is 4.87. The lowest BCUT2D eigenvalue weighted by atomic mass is 9.76. The van der Waals surface area contributed by atoms with E-state index in [1.54, 1.807) is 0 Å². The van der Waals surface area contributed by atoms with Gasteiger partial charge in [-0.2, -0.15) is 0 Å². The molecule has 0 aliphatic heterocycles. The standard InChI is InChI=1S/C15H23Br/c1-11(2)15(5,10-16)9-14-7-12(3)6-13(4)8-14/h6-8,11H,9-10H2,1-5H3. The van der Waals surface area contributed by atoms with Gasteiger partial charge < -0.3 is 0 Å². The van der Waals surface area contributed by atoms with Gasteiger partial charge in [0.2, 0.25) is 0 Å². The van der Waals surface area contributed by atoms with E-state index in [4.69, 9.17) is 0 Å². The van der Waals surface area contributed by atoms with Crippen molar-refractivity contribution in [3.63, 3.8) is 0 Å². The number of halogens is 1. The summed E-state index contributed by atoms with van der Waals surface area (Å²) in [7, 11) is 0. The lowest BCUT2D eigenvalue weighted by molar-refractivity contribution is 0.258. The first-order chi connectivity index (χ1) is 7.37. The molecule has 0 aliphatic rings. The summed E-state index contributed by atoms with van der Waals surface area (Å²) in [5, 5.41) is 1.06. The Morgan fingerprint density at radius 3 is 2.00 bits per heavy atom. The molecule has 0 nitrogen and oxygen atoms in total. The maximum atomic E-state index is 3.67. The SMILES string of the molecule is Cc1cc(C)cc(CC(C)(CBr)C(C)C)c1. The average molecular weight is 283 g/mol. The number of aryl methyl sites for hydroxylation is 2. The molecule has 16 heavy (non-hydrogen) atoms. The molecule has 1 aromatic rings. The molecule has 1 aromatic carbocycles. The van der Waals surface area contributed by atoms with E-state index in [2.05, 4.69) is 68.7 Å². The maximum Gasteiger partial charge on any atom is 0.00909 e. The van der Waals surface area contributed by atoms with Crippen LogP contribution >= 0.6 is 15.9 Å². The summed E-state index contributed by atoms with van der Waals surface area (Å²) in [5.74, 6) is 0.688. The van der Waals surface area contributed by atoms with Crippen molar-refractivity contribution in [3.05, 3.63) is 34.9 Å². The fourth-order valence-electron chi connectivity index (χ4n) is 2.04. The van der Waals surface area contributed by atoms with E-state index in [0.717, 1.165) is 11.8 Å². The highest BCUT2D eigenvalue weighted by Gasteiger charge is 2.27. The number of benzene rings is 1. The Labute approximate surface area is 109 Å². The van der Waals surface area contributed by atoms with Gasteiger partial charge in [0.25, 0.3) is 0 Å². The maximum absolute atomic E-state index is 3.67. The summed E-state index contributed by atoms with van der Waals surface area (Å²) in [6.45, 7) is 11.3. The number of hydrogen-bond donors (Lipinski definition) is 0. The molecule has 0 N–H and O–H groups in total. The number of alkyl halides is 1. The molecule has 1 unspecified atom stereocenters. The van der Waals surface area contributed by atoms with Gasteiger partial charge in [0.15, 0.2) is 0 Å². The van der Waals surface area contributed by atoms with Crippen molar-refractivity contribution in [2.45, 2.75) is 41.0 Å². The summed E-state index contributed by atoms with van der Waals surface area (Å²) < 4.78 is 0. The van der Waals surface area contributed by atoms with E-state index < -0.39 is 0 Å². The molecule has 0 saturated heterocycles. The van der Waals surface area contributed by atoms with Crippen LogP contribution in [-0.2, 0) is 6.42 Å². The van der Waals surface area contributed by atoms with Gasteiger partial charge in [-0.05, 0) is 37.2 Å². The molecule has 0 fully saturated rings. The molecule has 0 aliphatic carbocycles. The quantitative estimate of drug-likeness (QED) is 0.689. The monoisotopic (exact) mass is 282 g/mol. The molecule has 0 bridgehead atoms. The largest absolute Gasteiger partial charge is 0.0922 e. The lowest BCUT2D eigenvalue weighted by Crippen LogP contribution is -2.28. The van der Waals surface area contributed by atoms with Crippen LogP contribution in [0.2, 0.25) is 0 Å². The minimum Gasteiger partial charge on any atom is -0.0922 e. The molecule has 1 atom stereocenters. The second kappa shape index (κ2) is 5.35. The third-order valence-electron chi connectivity index (χ3n) is 3.59. The van der Waals surface area contributed by atoms with Gasteiger partial charge in [-0.1, -0.05) is 66.0 Å². The van der Waals surface area contributed by atoms with Crippen LogP contribution in [0.5, 0.6) is 0 Å². The molecular weight excluding hydrogens is 260 g/mol. The minimum atomic E-state index is 0.347. The van der Waals surface area contributed by atoms with Crippen molar-refractivity contribution >= 4 is 15.9 Å². The molecule has 1 heteroatoms. The first kappa shape index (κ1) is 13.8. The number of hydrogen-bond acceptors (Lipinski definition) is 0. The van der Waals surface area contributed by atoms with Gasteiger partial charge in [-0.25, -0.2) is 0 Å². The van der Waals surface area contributed by atoms with Gasteiger partial charge in [-0.3, -0.25) is 0 Å². The Kier molecular flexibility index (Phi) is 4.61. The van der Waals surface area contributed by atoms with Crippen LogP contribution in [0, 0.1) is 25.2 Å². The molecule has 0 saturated carbocycles. The summed E-state index contributed by atoms with van der Waals surface area (Å²) in [6, 6.07) is 6.87. The number of rotatable bonds is 4. The van der Waals surface area contributed by atoms with Crippen LogP contribution in [-0.4, -0.2) is 5.33 Å². The Hall–Kier alpha value is -0.300. The smallest absolute Gasteiger partial charge is 0.00909 e. The van der Waals surface area contributed by atoms with E-state index in [1.807, 2.05) is 0 Å². The van der Waals surface area contributed by atoms with E-state index >= 15 is 0 Å². The van der Waals surface area contributed by atoms with Gasteiger partial charge in [0.05, 0.1) is 0 Å². The predicted octanol–water partition coefficient (Wildman–Crippen LogP) is 4.90. The zero-order valence-electron chi connectivity index (χ0n) is 11.1. The van der Waals surface area contributed by atoms with Crippen molar-refractivity contribution in [1.82, 2.24) is 0 Å². The summed E-state index contributed by atoms with van der Waals surface area (Å²) >= 11 is 3.67. The summed E-state index contributed by atoms with van der Waals surface area (Å²) in [5.41, 5.74) is 4.56. The lowest BCUT2D eigenvalue weighted by Gasteiger charge is -2.32. The Morgan fingerprint density at radius 2 is 1.62 bits per heavy atom. The van der Waals surface area contributed by atoms with Gasteiger partial charge in [0.1, 0.15) is 0 Å². The van der Waals surface area contributed by atoms with Crippen molar-refractivity contribution < 1.29 is 0 Å². The van der Waals surface area contributed by atoms with Crippen LogP contribution < -0.4 is 0 Å². The van der Waals surface area contributed by atoms with E-state index in [-0.39, 0.29) is 0 Å². The van der Waals surface area contributed by atoms with E-state index in [1.165, 1.54) is 16.7 Å². The average Bonchev–Trinajstić information content (AvgIpc) is 2.15. The molecule has 0 amide bonds. The van der Waals surface area contributed by atoms with Crippen LogP contribution in [0.15, 0.2) is 18.2 Å². The molecule has 0 spiro atoms. The third kappa shape index (κ3) is 3.35. The Bertz CT molecular complexity index is 334. The van der Waals surface area contributed by atoms with Crippen LogP contribution in [0.25, 0.3) is 0 Å². The highest BCUT2D eigenvalue weighted by atomic mass is 79.9. The van der Waals surface area contributed by atoms with Crippen LogP contribution in [0.4, 0.5) is 0 Å². The zero-order valence-corrected chi connectivity index (χ0v) is 12.7. The van der Waals surface area contributed by atoms with Crippen molar-refractivity contribution in [2.24, 2.45) is 11.3 Å². The van der Waals surface area contributed by atoms with Gasteiger partial charge >= 0.3 is 0 Å². The second-order valence-corrected chi connectivity index (χ2v) is 6.18. The molecule has 1 rings (SSSR count). The van der Waals surface area contributed by atoms with Crippen molar-refractivity contribution in [3.8, 4) is 0 Å². The molecule has 0 radical (unpaired) electrons. The van der Waals surface area contributed by atoms with Crippen LogP contribution in [0.3, 0.4) is 0 Å². The first-order valence-corrected chi connectivity index (χ1v) is 7.12. The Balaban J connectivity index is 2.94. The topological polar surface area (TPSA) is 0 Å². The van der Waals surface area contributed by atoms with Crippen LogP contribution in [0.1, 0.15) is 37.5 Å². The highest BCUT2D eigenvalue weighted by Crippen LogP contribution is 2.33. The molecule has 0 aromatic heterocycles. The zero-order chi connectivity index (χ0) is 12.3. The highest BCUT2D eigenvalue weighted by molar-refractivity contribution is 9.09. The van der Waals surface area contributed by atoms with E-state index in [0.29, 0.717) is 11.3 Å². The minimum absolute atomic E-state index is 0.347. The predicted molar refractivity (Wildman–Crippen MR) is 76.4 cm³/mol. The Morgan fingerprint density at radius 1 is 1.12 bits per heavy atom. The van der Waals surface area contributed by atoms with Crippen molar-refractivity contribution in [1.29, 1.82) is 0 Å².